The molecule has 0 bridgehead atoms. The highest BCUT2D eigenvalue weighted by Crippen LogP contribution is 2.30. The van der Waals surface area contributed by atoms with Crippen LogP contribution in [-0.2, 0) is 24.3 Å². The minimum absolute atomic E-state index is 0.0424. The summed E-state index contributed by atoms with van der Waals surface area (Å²) < 4.78 is 38.3. The molecule has 0 radical (unpaired) electrons. The van der Waals surface area contributed by atoms with Gasteiger partial charge in [-0.15, -0.1) is 0 Å². The number of carbonyl (C=O) groups excluding carboxylic acids is 2. The Bertz CT molecular complexity index is 1120. The SMILES string of the molecule is O=C(COC(=O)c1ccc(Cl)c(S(=O)(=O)Nc2cc(Cl)ccc2Cl)c1)NCC1CCCO1. The number of hydrogen-bond acceptors (Lipinski definition) is 6. The van der Waals surface area contributed by atoms with Crippen LogP contribution in [0.25, 0.3) is 0 Å². The maximum atomic E-state index is 12.8. The summed E-state index contributed by atoms with van der Waals surface area (Å²) >= 11 is 17.9. The average Bonchev–Trinajstić information content (AvgIpc) is 3.27. The molecule has 1 atom stereocenters. The Hall–Kier alpha value is -2.04. The quantitative estimate of drug-likeness (QED) is 0.510. The van der Waals surface area contributed by atoms with Crippen molar-refractivity contribution < 1.29 is 27.5 Å². The molecule has 1 fully saturated rings. The average molecular weight is 522 g/mol. The number of rotatable bonds is 8. The highest BCUT2D eigenvalue weighted by Gasteiger charge is 2.23. The molecule has 0 aliphatic carbocycles. The normalized spacial score (nSPS) is 15.9. The van der Waals surface area contributed by atoms with Crippen molar-refractivity contribution in [2.75, 3.05) is 24.5 Å². The first-order chi connectivity index (χ1) is 15.2. The van der Waals surface area contributed by atoms with E-state index in [2.05, 4.69) is 10.0 Å². The predicted molar refractivity (Wildman–Crippen MR) is 121 cm³/mol. The summed E-state index contributed by atoms with van der Waals surface area (Å²) in [6.45, 7) is 0.472. The third kappa shape index (κ3) is 6.49. The maximum absolute atomic E-state index is 12.8. The van der Waals surface area contributed by atoms with Gasteiger partial charge < -0.3 is 14.8 Å². The number of benzene rings is 2. The lowest BCUT2D eigenvalue weighted by molar-refractivity contribution is -0.124. The number of sulfonamides is 1. The Labute approximate surface area is 200 Å². The lowest BCUT2D eigenvalue weighted by Gasteiger charge is -2.13. The molecule has 0 spiro atoms. The zero-order valence-corrected chi connectivity index (χ0v) is 19.7. The first-order valence-electron chi connectivity index (χ1n) is 9.48. The van der Waals surface area contributed by atoms with Crippen LogP contribution in [0, 0.1) is 0 Å². The van der Waals surface area contributed by atoms with Gasteiger partial charge in [-0.2, -0.15) is 0 Å². The molecule has 1 heterocycles. The van der Waals surface area contributed by atoms with Gasteiger partial charge in [-0.1, -0.05) is 34.8 Å². The monoisotopic (exact) mass is 520 g/mol. The summed E-state index contributed by atoms with van der Waals surface area (Å²) in [5.74, 6) is -1.38. The molecule has 32 heavy (non-hydrogen) atoms. The molecular formula is C20H19Cl3N2O6S. The van der Waals surface area contributed by atoms with Gasteiger partial charge in [0.05, 0.1) is 27.4 Å². The molecule has 0 saturated carbocycles. The van der Waals surface area contributed by atoms with Gasteiger partial charge in [-0.05, 0) is 49.2 Å². The van der Waals surface area contributed by atoms with Gasteiger partial charge in [0.25, 0.3) is 15.9 Å². The number of carbonyl (C=O) groups is 2. The van der Waals surface area contributed by atoms with E-state index in [1.807, 2.05) is 0 Å². The molecule has 2 aromatic rings. The van der Waals surface area contributed by atoms with E-state index >= 15 is 0 Å². The zero-order valence-electron chi connectivity index (χ0n) is 16.6. The van der Waals surface area contributed by atoms with E-state index in [1.54, 1.807) is 0 Å². The highest BCUT2D eigenvalue weighted by atomic mass is 35.5. The third-order valence-corrected chi connectivity index (χ3v) is 6.93. The van der Waals surface area contributed by atoms with Crippen LogP contribution in [0.4, 0.5) is 5.69 Å². The summed E-state index contributed by atoms with van der Waals surface area (Å²) in [7, 11) is -4.21. The first kappa shape index (κ1) is 24.6. The summed E-state index contributed by atoms with van der Waals surface area (Å²) in [5.41, 5.74) is -0.0509. The van der Waals surface area contributed by atoms with E-state index in [4.69, 9.17) is 44.3 Å². The van der Waals surface area contributed by atoms with Crippen LogP contribution < -0.4 is 10.0 Å². The molecule has 1 saturated heterocycles. The largest absolute Gasteiger partial charge is 0.452 e. The third-order valence-electron chi connectivity index (χ3n) is 4.51. The van der Waals surface area contributed by atoms with E-state index in [-0.39, 0.29) is 37.3 Å². The van der Waals surface area contributed by atoms with E-state index in [0.29, 0.717) is 13.2 Å². The highest BCUT2D eigenvalue weighted by molar-refractivity contribution is 7.92. The fraction of sp³-hybridized carbons (Fsp3) is 0.300. The predicted octanol–water partition coefficient (Wildman–Crippen LogP) is 3.90. The summed E-state index contributed by atoms with van der Waals surface area (Å²) in [6, 6.07) is 7.85. The van der Waals surface area contributed by atoms with Crippen LogP contribution in [0.5, 0.6) is 0 Å². The molecule has 172 valence electrons. The van der Waals surface area contributed by atoms with Gasteiger partial charge in [0.2, 0.25) is 0 Å². The van der Waals surface area contributed by atoms with E-state index in [1.165, 1.54) is 30.3 Å². The van der Waals surface area contributed by atoms with Crippen molar-refractivity contribution in [2.45, 2.75) is 23.8 Å². The van der Waals surface area contributed by atoms with E-state index in [9.17, 15) is 18.0 Å². The van der Waals surface area contributed by atoms with Gasteiger partial charge >= 0.3 is 5.97 Å². The smallest absolute Gasteiger partial charge is 0.338 e. The molecule has 0 aromatic heterocycles. The number of ether oxygens (including phenoxy) is 2. The van der Waals surface area contributed by atoms with Crippen LogP contribution in [-0.4, -0.2) is 46.2 Å². The molecule has 1 unspecified atom stereocenters. The molecule has 12 heteroatoms. The molecule has 3 rings (SSSR count). The summed E-state index contributed by atoms with van der Waals surface area (Å²) in [6.07, 6.45) is 1.76. The number of amides is 1. The number of anilines is 1. The Balaban J connectivity index is 1.66. The van der Waals surface area contributed by atoms with Crippen molar-refractivity contribution in [3.8, 4) is 0 Å². The second-order valence-electron chi connectivity index (χ2n) is 6.89. The van der Waals surface area contributed by atoms with Crippen LogP contribution >= 0.6 is 34.8 Å². The fourth-order valence-corrected chi connectivity index (χ4v) is 4.90. The number of nitrogens with one attached hydrogen (secondary N) is 2. The van der Waals surface area contributed by atoms with E-state index in [0.717, 1.165) is 18.9 Å². The van der Waals surface area contributed by atoms with Crippen molar-refractivity contribution in [3.63, 3.8) is 0 Å². The van der Waals surface area contributed by atoms with Gasteiger partial charge in [0.1, 0.15) is 4.90 Å². The van der Waals surface area contributed by atoms with Crippen molar-refractivity contribution in [1.82, 2.24) is 5.32 Å². The lowest BCUT2D eigenvalue weighted by atomic mass is 10.2. The van der Waals surface area contributed by atoms with Gasteiger partial charge in [-0.25, -0.2) is 13.2 Å². The Morgan fingerprint density at radius 3 is 2.56 bits per heavy atom. The molecule has 2 N–H and O–H groups in total. The summed E-state index contributed by atoms with van der Waals surface area (Å²) in [4.78, 5) is 23.8. The lowest BCUT2D eigenvalue weighted by Crippen LogP contribution is -2.34. The Morgan fingerprint density at radius 1 is 1.09 bits per heavy atom. The van der Waals surface area contributed by atoms with Gasteiger partial charge in [0.15, 0.2) is 6.61 Å². The van der Waals surface area contributed by atoms with Crippen LogP contribution in [0.2, 0.25) is 15.1 Å². The Morgan fingerprint density at radius 2 is 1.84 bits per heavy atom. The maximum Gasteiger partial charge on any atom is 0.338 e. The summed E-state index contributed by atoms with van der Waals surface area (Å²) in [5, 5.41) is 2.89. The van der Waals surface area contributed by atoms with Crippen molar-refractivity contribution in [3.05, 3.63) is 57.0 Å². The molecular weight excluding hydrogens is 503 g/mol. The van der Waals surface area contributed by atoms with E-state index < -0.39 is 28.5 Å². The number of esters is 1. The topological polar surface area (TPSA) is 111 Å². The molecule has 1 aliphatic heterocycles. The van der Waals surface area contributed by atoms with Crippen molar-refractivity contribution in [2.24, 2.45) is 0 Å². The van der Waals surface area contributed by atoms with Crippen LogP contribution in [0.15, 0.2) is 41.3 Å². The standard InChI is InChI=1S/C20H19Cl3N2O6S/c21-13-4-6-15(22)17(9-13)25-32(28,29)18-8-12(3-5-16(18)23)20(27)31-11-19(26)24-10-14-2-1-7-30-14/h3-6,8-9,14,25H,1-2,7,10-11H2,(H,24,26). The minimum Gasteiger partial charge on any atom is -0.452 e. The molecule has 8 nitrogen and oxygen atoms in total. The molecule has 2 aromatic carbocycles. The second-order valence-corrected chi connectivity index (χ2v) is 9.79. The molecule has 1 amide bonds. The van der Waals surface area contributed by atoms with Gasteiger partial charge in [-0.3, -0.25) is 9.52 Å². The molecule has 1 aliphatic rings. The van der Waals surface area contributed by atoms with Crippen molar-refractivity contribution >= 4 is 62.4 Å². The van der Waals surface area contributed by atoms with Crippen LogP contribution in [0.1, 0.15) is 23.2 Å². The van der Waals surface area contributed by atoms with Crippen LogP contribution in [0.3, 0.4) is 0 Å². The Kier molecular flexibility index (Phi) is 8.24. The number of halogens is 3. The van der Waals surface area contributed by atoms with Gasteiger partial charge in [0, 0.05) is 18.2 Å². The first-order valence-corrected chi connectivity index (χ1v) is 12.1. The van der Waals surface area contributed by atoms with Crippen molar-refractivity contribution in [1.29, 1.82) is 0 Å². The zero-order chi connectivity index (χ0) is 23.3. The minimum atomic E-state index is -4.21. The second kappa shape index (κ2) is 10.7. The number of hydrogen-bond donors (Lipinski definition) is 2. The fourth-order valence-electron chi connectivity index (χ4n) is 2.91.